The molecule has 1 saturated carbocycles. The predicted octanol–water partition coefficient (Wildman–Crippen LogP) is 2.32. The van der Waals surface area contributed by atoms with E-state index in [-0.39, 0.29) is 0 Å². The zero-order valence-corrected chi connectivity index (χ0v) is 12.8. The molecule has 21 heavy (non-hydrogen) atoms. The van der Waals surface area contributed by atoms with E-state index in [2.05, 4.69) is 20.0 Å². The van der Waals surface area contributed by atoms with Gasteiger partial charge in [-0.1, -0.05) is 16.8 Å². The first-order chi connectivity index (χ1) is 10.2. The Labute approximate surface area is 128 Å². The van der Waals surface area contributed by atoms with Crippen LogP contribution in [0.1, 0.15) is 48.6 Å². The Balaban J connectivity index is 1.40. The first kappa shape index (κ1) is 13.3. The number of hydrogen-bond donors (Lipinski definition) is 0. The fourth-order valence-corrected chi connectivity index (χ4v) is 3.02. The maximum absolute atomic E-state index is 6.03. The Morgan fingerprint density at radius 1 is 1.33 bits per heavy atom. The van der Waals surface area contributed by atoms with E-state index in [0.717, 1.165) is 43.6 Å². The number of rotatable bonds is 4. The topological polar surface area (TPSA) is 60.0 Å². The van der Waals surface area contributed by atoms with Gasteiger partial charge in [0.15, 0.2) is 5.82 Å². The van der Waals surface area contributed by atoms with Crippen LogP contribution in [0, 0.1) is 0 Å². The molecule has 2 aromatic heterocycles. The molecule has 0 aromatic carbocycles. The Hall–Kier alpha value is -1.40. The van der Waals surface area contributed by atoms with Gasteiger partial charge in [0.05, 0.1) is 18.7 Å². The van der Waals surface area contributed by atoms with Crippen LogP contribution >= 0.6 is 11.6 Å². The molecule has 4 rings (SSSR count). The van der Waals surface area contributed by atoms with E-state index in [1.807, 2.05) is 11.6 Å². The van der Waals surface area contributed by atoms with Crippen LogP contribution in [0.15, 0.2) is 10.7 Å². The first-order valence-corrected chi connectivity index (χ1v) is 7.80. The van der Waals surface area contributed by atoms with Crippen LogP contribution in [0.2, 0.25) is 5.15 Å². The van der Waals surface area contributed by atoms with Crippen LogP contribution in [-0.4, -0.2) is 37.7 Å². The summed E-state index contributed by atoms with van der Waals surface area (Å²) in [6.07, 6.45) is 5.17. The van der Waals surface area contributed by atoms with E-state index < -0.39 is 0 Å². The lowest BCUT2D eigenvalue weighted by Gasteiger charge is -2.14. The van der Waals surface area contributed by atoms with E-state index >= 15 is 0 Å². The predicted molar refractivity (Wildman–Crippen MR) is 77.1 cm³/mol. The Morgan fingerprint density at radius 3 is 2.90 bits per heavy atom. The smallest absolute Gasteiger partial charge is 0.231 e. The third-order valence-corrected chi connectivity index (χ3v) is 4.77. The quantitative estimate of drug-likeness (QED) is 0.867. The average molecular weight is 308 g/mol. The van der Waals surface area contributed by atoms with E-state index in [4.69, 9.17) is 16.1 Å². The molecule has 112 valence electrons. The molecule has 6 nitrogen and oxygen atoms in total. The minimum atomic E-state index is 0.348. The van der Waals surface area contributed by atoms with Crippen LogP contribution in [0.3, 0.4) is 0 Å². The minimum absolute atomic E-state index is 0.348. The second-order valence-electron chi connectivity index (χ2n) is 6.04. The third kappa shape index (κ3) is 2.58. The van der Waals surface area contributed by atoms with Gasteiger partial charge in [-0.2, -0.15) is 4.98 Å². The molecule has 2 aliphatic rings. The zero-order chi connectivity index (χ0) is 14.4. The van der Waals surface area contributed by atoms with E-state index in [0.29, 0.717) is 17.0 Å². The lowest BCUT2D eigenvalue weighted by atomic mass is 10.1. The molecule has 1 saturated heterocycles. The van der Waals surface area contributed by atoms with Crippen molar-refractivity contribution in [2.24, 2.45) is 7.05 Å². The summed E-state index contributed by atoms with van der Waals surface area (Å²) in [7, 11) is 1.94. The van der Waals surface area contributed by atoms with Gasteiger partial charge >= 0.3 is 0 Å². The van der Waals surface area contributed by atoms with Gasteiger partial charge in [0.25, 0.3) is 0 Å². The molecule has 0 unspecified atom stereocenters. The van der Waals surface area contributed by atoms with Crippen molar-refractivity contribution in [1.82, 2.24) is 24.6 Å². The molecule has 7 heteroatoms. The van der Waals surface area contributed by atoms with Gasteiger partial charge in [-0.15, -0.1) is 0 Å². The molecule has 0 radical (unpaired) electrons. The highest BCUT2D eigenvalue weighted by molar-refractivity contribution is 6.29. The number of imidazole rings is 1. The average Bonchev–Trinajstić information content (AvgIpc) is 2.91. The summed E-state index contributed by atoms with van der Waals surface area (Å²) in [5, 5.41) is 4.78. The van der Waals surface area contributed by atoms with E-state index in [1.54, 1.807) is 6.20 Å². The second kappa shape index (κ2) is 5.10. The molecule has 0 N–H and O–H groups in total. The van der Waals surface area contributed by atoms with Crippen molar-refractivity contribution >= 4 is 11.6 Å². The molecule has 0 amide bonds. The third-order valence-electron chi connectivity index (χ3n) is 4.41. The first-order valence-electron chi connectivity index (χ1n) is 7.42. The molecule has 1 aliphatic heterocycles. The summed E-state index contributed by atoms with van der Waals surface area (Å²) in [5.74, 6) is 3.59. The van der Waals surface area contributed by atoms with Crippen molar-refractivity contribution in [3.63, 3.8) is 0 Å². The van der Waals surface area contributed by atoms with Gasteiger partial charge in [-0.3, -0.25) is 4.90 Å². The van der Waals surface area contributed by atoms with Crippen molar-refractivity contribution in [3.05, 3.63) is 28.9 Å². The molecule has 0 bridgehead atoms. The molecule has 2 fully saturated rings. The normalized spacial score (nSPS) is 23.0. The number of hydrogen-bond acceptors (Lipinski definition) is 5. The number of nitrogens with zero attached hydrogens (tertiary/aromatic N) is 5. The number of likely N-dealkylation sites (tertiary alicyclic amines) is 1. The van der Waals surface area contributed by atoms with Crippen LogP contribution < -0.4 is 0 Å². The fourth-order valence-electron chi connectivity index (χ4n) is 2.87. The Morgan fingerprint density at radius 2 is 2.19 bits per heavy atom. The minimum Gasteiger partial charge on any atom is -0.339 e. The van der Waals surface area contributed by atoms with Gasteiger partial charge in [0.2, 0.25) is 5.89 Å². The lowest BCUT2D eigenvalue weighted by Crippen LogP contribution is -2.21. The molecule has 1 aliphatic carbocycles. The van der Waals surface area contributed by atoms with Gasteiger partial charge in [0.1, 0.15) is 11.0 Å². The summed E-state index contributed by atoms with van der Waals surface area (Å²) < 4.78 is 7.37. The molecular formula is C14H18ClN5O. The maximum Gasteiger partial charge on any atom is 0.231 e. The van der Waals surface area contributed by atoms with Crippen molar-refractivity contribution in [2.45, 2.75) is 37.6 Å². The van der Waals surface area contributed by atoms with Gasteiger partial charge < -0.3 is 9.09 Å². The van der Waals surface area contributed by atoms with Gasteiger partial charge in [0, 0.05) is 19.5 Å². The molecule has 0 spiro atoms. The van der Waals surface area contributed by atoms with Crippen molar-refractivity contribution < 1.29 is 4.52 Å². The second-order valence-corrected chi connectivity index (χ2v) is 6.43. The highest BCUT2D eigenvalue weighted by atomic mass is 35.5. The Kier molecular flexibility index (Phi) is 3.23. The van der Waals surface area contributed by atoms with Crippen LogP contribution in [0.5, 0.6) is 0 Å². The van der Waals surface area contributed by atoms with Crippen LogP contribution in [0.25, 0.3) is 0 Å². The monoisotopic (exact) mass is 307 g/mol. The lowest BCUT2D eigenvalue weighted by molar-refractivity contribution is 0.300. The molecule has 3 heterocycles. The largest absolute Gasteiger partial charge is 0.339 e. The summed E-state index contributed by atoms with van der Waals surface area (Å²) in [6.45, 7) is 2.77. The maximum atomic E-state index is 6.03. The van der Waals surface area contributed by atoms with Crippen molar-refractivity contribution in [2.75, 3.05) is 13.1 Å². The fraction of sp³-hybridized carbons (Fsp3) is 0.643. The van der Waals surface area contributed by atoms with Crippen molar-refractivity contribution in [1.29, 1.82) is 0 Å². The van der Waals surface area contributed by atoms with E-state index in [9.17, 15) is 0 Å². The molecule has 1 atom stereocenters. The number of aromatic nitrogens is 4. The highest BCUT2D eigenvalue weighted by Crippen LogP contribution is 2.39. The van der Waals surface area contributed by atoms with E-state index in [1.165, 1.54) is 12.8 Å². The summed E-state index contributed by atoms with van der Waals surface area (Å²) in [6, 6.07) is 0. The van der Waals surface area contributed by atoms with Gasteiger partial charge in [-0.25, -0.2) is 4.98 Å². The highest BCUT2D eigenvalue weighted by Gasteiger charge is 2.33. The summed E-state index contributed by atoms with van der Waals surface area (Å²) in [5.41, 5.74) is 0. The Bertz CT molecular complexity index is 648. The number of halogens is 1. The SMILES string of the molecule is Cn1c(Cl)cnc1CN1CC[C@H](c2nc(C3CC3)no2)C1. The summed E-state index contributed by atoms with van der Waals surface area (Å²) >= 11 is 6.03. The molecule has 2 aromatic rings. The zero-order valence-electron chi connectivity index (χ0n) is 12.0. The molecular weight excluding hydrogens is 290 g/mol. The van der Waals surface area contributed by atoms with Crippen LogP contribution in [-0.2, 0) is 13.6 Å². The van der Waals surface area contributed by atoms with Crippen molar-refractivity contribution in [3.8, 4) is 0 Å². The standard InChI is InChI=1S/C14H18ClN5O/c1-19-11(15)6-16-12(19)8-20-5-4-10(7-20)14-17-13(18-21-14)9-2-3-9/h6,9-10H,2-5,7-8H2,1H3/t10-/m0/s1. The van der Waals surface area contributed by atoms with Crippen LogP contribution in [0.4, 0.5) is 0 Å². The van der Waals surface area contributed by atoms with Gasteiger partial charge in [-0.05, 0) is 25.8 Å². The summed E-state index contributed by atoms with van der Waals surface area (Å²) in [4.78, 5) is 11.3.